The molecule has 0 aliphatic heterocycles. The number of pyridine rings is 2. The van der Waals surface area contributed by atoms with Gasteiger partial charge in [-0.1, -0.05) is 18.6 Å². The Bertz CT molecular complexity index is 565. The summed E-state index contributed by atoms with van der Waals surface area (Å²) in [6.07, 6.45) is 14.1. The fourth-order valence-corrected chi connectivity index (χ4v) is 1.56. The predicted octanol–water partition coefficient (Wildman–Crippen LogP) is 2.77. The Morgan fingerprint density at radius 2 is 1.81 bits per heavy atom. The van der Waals surface area contributed by atoms with Crippen LogP contribution in [0.1, 0.15) is 11.1 Å². The molecule has 2 heterocycles. The molecule has 2 rings (SSSR count). The minimum Gasteiger partial charge on any atom is -0.264 e. The zero-order valence-electron chi connectivity index (χ0n) is 8.72. The Morgan fingerprint density at radius 1 is 1.12 bits per heavy atom. The van der Waals surface area contributed by atoms with E-state index in [0.717, 1.165) is 22.3 Å². The number of hydrogen-bond acceptors (Lipinski definition) is 2. The lowest BCUT2D eigenvalue weighted by Crippen LogP contribution is -1.89. The molecular formula is C14H10N2. The molecule has 2 aromatic rings. The van der Waals surface area contributed by atoms with Gasteiger partial charge in [-0.2, -0.15) is 0 Å². The molecule has 0 fully saturated rings. The summed E-state index contributed by atoms with van der Waals surface area (Å²) in [6.45, 7) is 3.77. The van der Waals surface area contributed by atoms with E-state index in [0.29, 0.717) is 0 Å². The zero-order valence-corrected chi connectivity index (χ0v) is 8.72. The van der Waals surface area contributed by atoms with Gasteiger partial charge in [-0.3, -0.25) is 9.97 Å². The molecule has 0 amide bonds. The van der Waals surface area contributed by atoms with E-state index in [4.69, 9.17) is 6.42 Å². The van der Waals surface area contributed by atoms with Crippen molar-refractivity contribution in [3.8, 4) is 23.5 Å². The fourth-order valence-electron chi connectivity index (χ4n) is 1.56. The van der Waals surface area contributed by atoms with E-state index >= 15 is 0 Å². The van der Waals surface area contributed by atoms with Crippen LogP contribution in [0.15, 0.2) is 43.5 Å². The van der Waals surface area contributed by atoms with Crippen LogP contribution in [0.25, 0.3) is 17.2 Å². The monoisotopic (exact) mass is 206 g/mol. The lowest BCUT2D eigenvalue weighted by atomic mass is 9.99. The molecule has 76 valence electrons. The molecule has 0 bridgehead atoms. The number of terminal acetylenes is 1. The molecule has 2 nitrogen and oxygen atoms in total. The van der Waals surface area contributed by atoms with Crippen molar-refractivity contribution >= 4 is 6.08 Å². The summed E-state index contributed by atoms with van der Waals surface area (Å²) in [5.74, 6) is 2.63. The van der Waals surface area contributed by atoms with Gasteiger partial charge in [0.1, 0.15) is 0 Å². The van der Waals surface area contributed by atoms with Crippen LogP contribution in [0, 0.1) is 12.3 Å². The van der Waals surface area contributed by atoms with Crippen molar-refractivity contribution in [1.29, 1.82) is 0 Å². The molecule has 0 saturated heterocycles. The summed E-state index contributed by atoms with van der Waals surface area (Å²) in [6, 6.07) is 3.82. The minimum atomic E-state index is 0.775. The van der Waals surface area contributed by atoms with Crippen LogP contribution in [0.4, 0.5) is 0 Å². The largest absolute Gasteiger partial charge is 0.264 e. The van der Waals surface area contributed by atoms with Crippen molar-refractivity contribution in [2.75, 3.05) is 0 Å². The third kappa shape index (κ3) is 1.71. The number of aromatic nitrogens is 2. The highest BCUT2D eigenvalue weighted by atomic mass is 14.6. The van der Waals surface area contributed by atoms with Gasteiger partial charge in [0, 0.05) is 35.9 Å². The van der Waals surface area contributed by atoms with Crippen LogP contribution in [0.3, 0.4) is 0 Å². The summed E-state index contributed by atoms with van der Waals surface area (Å²) in [7, 11) is 0. The zero-order chi connectivity index (χ0) is 11.4. The van der Waals surface area contributed by atoms with Gasteiger partial charge >= 0.3 is 0 Å². The molecule has 0 atom stereocenters. The molecule has 2 aromatic heterocycles. The van der Waals surface area contributed by atoms with Crippen LogP contribution >= 0.6 is 0 Å². The van der Waals surface area contributed by atoms with Gasteiger partial charge in [0.15, 0.2) is 0 Å². The van der Waals surface area contributed by atoms with Gasteiger partial charge < -0.3 is 0 Å². The predicted molar refractivity (Wildman–Crippen MR) is 65.5 cm³/mol. The molecule has 0 N–H and O–H groups in total. The average molecular weight is 206 g/mol. The number of hydrogen-bond donors (Lipinski definition) is 0. The summed E-state index contributed by atoms with van der Waals surface area (Å²) < 4.78 is 0. The van der Waals surface area contributed by atoms with Gasteiger partial charge in [0.05, 0.1) is 5.56 Å². The second kappa shape index (κ2) is 4.41. The third-order valence-corrected chi connectivity index (χ3v) is 2.34. The molecule has 0 aliphatic carbocycles. The van der Waals surface area contributed by atoms with Gasteiger partial charge in [-0.15, -0.1) is 6.42 Å². The average Bonchev–Trinajstić information content (AvgIpc) is 2.38. The summed E-state index contributed by atoms with van der Waals surface area (Å²) in [4.78, 5) is 8.07. The Hall–Kier alpha value is -2.40. The van der Waals surface area contributed by atoms with Crippen molar-refractivity contribution in [2.24, 2.45) is 0 Å². The molecule has 0 aromatic carbocycles. The molecular weight excluding hydrogens is 196 g/mol. The lowest BCUT2D eigenvalue weighted by Gasteiger charge is -2.07. The van der Waals surface area contributed by atoms with Crippen LogP contribution in [-0.2, 0) is 0 Å². The molecule has 0 radical (unpaired) electrons. The van der Waals surface area contributed by atoms with Crippen LogP contribution in [0.5, 0.6) is 0 Å². The molecule has 2 heteroatoms. The maximum Gasteiger partial charge on any atom is 0.0504 e. The third-order valence-electron chi connectivity index (χ3n) is 2.34. The van der Waals surface area contributed by atoms with Gasteiger partial charge in [-0.05, 0) is 17.7 Å². The maximum atomic E-state index is 5.45. The second-order valence-electron chi connectivity index (χ2n) is 3.23. The molecule has 0 aliphatic rings. The first-order valence-electron chi connectivity index (χ1n) is 4.84. The van der Waals surface area contributed by atoms with E-state index in [9.17, 15) is 0 Å². The van der Waals surface area contributed by atoms with Gasteiger partial charge in [0.2, 0.25) is 0 Å². The lowest BCUT2D eigenvalue weighted by molar-refractivity contribution is 1.29. The SMILES string of the molecule is C#Cc1cnccc1-c1ccncc1C=C. The summed E-state index contributed by atoms with van der Waals surface area (Å²) in [5.41, 5.74) is 3.75. The summed E-state index contributed by atoms with van der Waals surface area (Å²) in [5, 5.41) is 0. The molecule has 0 saturated carbocycles. The van der Waals surface area contributed by atoms with E-state index in [-0.39, 0.29) is 0 Å². The number of nitrogens with zero attached hydrogens (tertiary/aromatic N) is 2. The standard InChI is InChI=1S/C14H10N2/c1-3-11-9-15-7-5-13(11)14-6-8-16-10-12(14)4-2/h1,4-10H,2H2. The maximum absolute atomic E-state index is 5.45. The van der Waals surface area contributed by atoms with E-state index in [1.54, 1.807) is 30.9 Å². The van der Waals surface area contributed by atoms with E-state index < -0.39 is 0 Å². The first kappa shape index (κ1) is 10.1. The van der Waals surface area contributed by atoms with Gasteiger partial charge in [0.25, 0.3) is 0 Å². The van der Waals surface area contributed by atoms with Crippen LogP contribution in [-0.4, -0.2) is 9.97 Å². The highest BCUT2D eigenvalue weighted by molar-refractivity contribution is 5.77. The first-order chi connectivity index (χ1) is 7.86. The van der Waals surface area contributed by atoms with Crippen LogP contribution in [0.2, 0.25) is 0 Å². The number of rotatable bonds is 2. The molecule has 0 unspecified atom stereocenters. The Labute approximate surface area is 94.7 Å². The van der Waals surface area contributed by atoms with Crippen molar-refractivity contribution in [2.45, 2.75) is 0 Å². The topological polar surface area (TPSA) is 25.8 Å². The van der Waals surface area contributed by atoms with E-state index in [1.807, 2.05) is 12.1 Å². The first-order valence-corrected chi connectivity index (χ1v) is 4.84. The Morgan fingerprint density at radius 3 is 2.50 bits per heavy atom. The highest BCUT2D eigenvalue weighted by Crippen LogP contribution is 2.25. The quantitative estimate of drug-likeness (QED) is 0.706. The second-order valence-corrected chi connectivity index (χ2v) is 3.23. The van der Waals surface area contributed by atoms with E-state index in [2.05, 4.69) is 22.5 Å². The van der Waals surface area contributed by atoms with Crippen LogP contribution < -0.4 is 0 Å². The van der Waals surface area contributed by atoms with Crippen molar-refractivity contribution < 1.29 is 0 Å². The van der Waals surface area contributed by atoms with E-state index in [1.165, 1.54) is 0 Å². The van der Waals surface area contributed by atoms with Gasteiger partial charge in [-0.25, -0.2) is 0 Å². The molecule has 16 heavy (non-hydrogen) atoms. The Kier molecular flexibility index (Phi) is 2.79. The highest BCUT2D eigenvalue weighted by Gasteiger charge is 2.06. The summed E-state index contributed by atoms with van der Waals surface area (Å²) >= 11 is 0. The molecule has 0 spiro atoms. The van der Waals surface area contributed by atoms with Crippen molar-refractivity contribution in [1.82, 2.24) is 9.97 Å². The van der Waals surface area contributed by atoms with Crippen molar-refractivity contribution in [3.63, 3.8) is 0 Å². The smallest absolute Gasteiger partial charge is 0.0504 e. The fraction of sp³-hybridized carbons (Fsp3) is 0. The normalized spacial score (nSPS) is 9.44. The Balaban J connectivity index is 2.68. The minimum absolute atomic E-state index is 0.775. The van der Waals surface area contributed by atoms with Crippen molar-refractivity contribution in [3.05, 3.63) is 54.6 Å².